The largest absolute Gasteiger partial charge is 0.495 e. The van der Waals surface area contributed by atoms with E-state index in [-0.39, 0.29) is 6.61 Å². The van der Waals surface area contributed by atoms with Gasteiger partial charge in [-0.3, -0.25) is 0 Å². The monoisotopic (exact) mass is 346 g/mol. The van der Waals surface area contributed by atoms with Crippen molar-refractivity contribution in [2.45, 2.75) is 25.6 Å². The van der Waals surface area contributed by atoms with E-state index < -0.39 is 11.7 Å². The van der Waals surface area contributed by atoms with Gasteiger partial charge >= 0.3 is 0 Å². The lowest BCUT2D eigenvalue weighted by atomic mass is 10.0. The Kier molecular flexibility index (Phi) is 4.49. The summed E-state index contributed by atoms with van der Waals surface area (Å²) in [5, 5.41) is 22.3. The third-order valence-electron chi connectivity index (χ3n) is 4.24. The van der Waals surface area contributed by atoms with E-state index in [2.05, 4.69) is 0 Å². The van der Waals surface area contributed by atoms with Crippen LogP contribution in [0, 0.1) is 0 Å². The van der Waals surface area contributed by atoms with Crippen molar-refractivity contribution >= 4 is 21.7 Å². The van der Waals surface area contributed by atoms with E-state index in [0.29, 0.717) is 22.8 Å². The average Bonchev–Trinajstić information content (AvgIpc) is 3.04. The molecule has 6 heteroatoms. The maximum Gasteiger partial charge on any atom is 0.168 e. The van der Waals surface area contributed by atoms with Gasteiger partial charge in [0.05, 0.1) is 31.5 Å². The van der Waals surface area contributed by atoms with E-state index in [4.69, 9.17) is 18.6 Å². The number of methoxy groups -OCH3 is 2. The van der Waals surface area contributed by atoms with E-state index in [9.17, 15) is 10.2 Å². The summed E-state index contributed by atoms with van der Waals surface area (Å²) in [4.78, 5) is 0. The van der Waals surface area contributed by atoms with Crippen molar-refractivity contribution < 1.29 is 28.8 Å². The smallest absolute Gasteiger partial charge is 0.168 e. The van der Waals surface area contributed by atoms with Crippen LogP contribution in [0.25, 0.3) is 21.7 Å². The molecule has 0 aliphatic rings. The molecule has 0 saturated heterocycles. The Balaban J connectivity index is 2.08. The Bertz CT molecular complexity index is 890. The van der Waals surface area contributed by atoms with E-state index in [1.165, 1.54) is 13.8 Å². The first-order valence-corrected chi connectivity index (χ1v) is 7.95. The molecule has 1 heterocycles. The highest BCUT2D eigenvalue weighted by atomic mass is 16.5. The number of aliphatic hydroxyl groups is 2. The minimum Gasteiger partial charge on any atom is -0.495 e. The molecular weight excluding hydrogens is 324 g/mol. The third kappa shape index (κ3) is 3.10. The van der Waals surface area contributed by atoms with Crippen LogP contribution in [-0.4, -0.2) is 42.7 Å². The number of aliphatic hydroxyl groups excluding tert-OH is 1. The van der Waals surface area contributed by atoms with Crippen LogP contribution >= 0.6 is 0 Å². The second-order valence-electron chi connectivity index (χ2n) is 6.41. The number of furan rings is 1. The van der Waals surface area contributed by atoms with Gasteiger partial charge in [-0.2, -0.15) is 0 Å². The Morgan fingerprint density at radius 2 is 1.76 bits per heavy atom. The van der Waals surface area contributed by atoms with Crippen LogP contribution in [0.15, 0.2) is 34.9 Å². The molecule has 25 heavy (non-hydrogen) atoms. The van der Waals surface area contributed by atoms with E-state index in [1.807, 2.05) is 18.2 Å². The van der Waals surface area contributed by atoms with Crippen LogP contribution in [-0.2, 0) is 0 Å². The number of rotatable bonds is 6. The second kappa shape index (κ2) is 6.46. The van der Waals surface area contributed by atoms with E-state index >= 15 is 0 Å². The minimum atomic E-state index is -1.26. The van der Waals surface area contributed by atoms with Gasteiger partial charge in [0, 0.05) is 10.8 Å². The molecule has 2 aromatic carbocycles. The third-order valence-corrected chi connectivity index (χ3v) is 4.24. The summed E-state index contributed by atoms with van der Waals surface area (Å²) in [5.74, 6) is 1.67. The summed E-state index contributed by atoms with van der Waals surface area (Å²) in [6, 6.07) is 7.34. The zero-order valence-electron chi connectivity index (χ0n) is 14.7. The molecular formula is C19H22O6. The molecule has 2 N–H and O–H groups in total. The predicted octanol–water partition coefficient (Wildman–Crippen LogP) is 3.11. The SMILES string of the molecule is COc1c(OCC(O)C(C)(C)O)ccc2c(OC)c3ccoc3cc12. The van der Waals surface area contributed by atoms with Gasteiger partial charge in [-0.25, -0.2) is 0 Å². The summed E-state index contributed by atoms with van der Waals surface area (Å²) in [6.07, 6.45) is 0.574. The van der Waals surface area contributed by atoms with Gasteiger partial charge in [-0.05, 0) is 38.1 Å². The summed E-state index contributed by atoms with van der Waals surface area (Å²) < 4.78 is 22.3. The Morgan fingerprint density at radius 1 is 1.04 bits per heavy atom. The first-order chi connectivity index (χ1) is 11.9. The van der Waals surface area contributed by atoms with Gasteiger partial charge in [0.25, 0.3) is 0 Å². The first-order valence-electron chi connectivity index (χ1n) is 7.95. The lowest BCUT2D eigenvalue weighted by Gasteiger charge is -2.25. The molecule has 3 rings (SSSR count). The molecule has 0 spiro atoms. The Hall–Kier alpha value is -2.44. The molecule has 0 amide bonds. The van der Waals surface area contributed by atoms with Gasteiger partial charge in [0.15, 0.2) is 11.5 Å². The normalized spacial score (nSPS) is 13.2. The van der Waals surface area contributed by atoms with Gasteiger partial charge in [0.1, 0.15) is 24.0 Å². The predicted molar refractivity (Wildman–Crippen MR) is 94.6 cm³/mol. The molecule has 6 nitrogen and oxygen atoms in total. The van der Waals surface area contributed by atoms with E-state index in [1.54, 1.807) is 26.5 Å². The van der Waals surface area contributed by atoms with Crippen molar-refractivity contribution in [1.82, 2.24) is 0 Å². The van der Waals surface area contributed by atoms with Crippen LogP contribution in [0.2, 0.25) is 0 Å². The minimum absolute atomic E-state index is 0.0640. The number of hydrogen-bond donors (Lipinski definition) is 2. The van der Waals surface area contributed by atoms with Crippen molar-refractivity contribution in [3.8, 4) is 17.2 Å². The number of fused-ring (bicyclic) bond motifs is 2. The molecule has 0 aliphatic carbocycles. The van der Waals surface area contributed by atoms with Crippen LogP contribution < -0.4 is 14.2 Å². The standard InChI is InChI=1S/C19H22O6/c1-19(2,21)16(20)10-25-14-6-5-11-13(18(14)23-4)9-15-12(7-8-24-15)17(11)22-3/h5-9,16,20-21H,10H2,1-4H3. The summed E-state index contributed by atoms with van der Waals surface area (Å²) in [7, 11) is 3.16. The van der Waals surface area contributed by atoms with Crippen LogP contribution in [0.5, 0.6) is 17.2 Å². The molecule has 0 aliphatic heterocycles. The lowest BCUT2D eigenvalue weighted by molar-refractivity contribution is -0.0663. The highest BCUT2D eigenvalue weighted by Crippen LogP contribution is 2.43. The zero-order valence-corrected chi connectivity index (χ0v) is 14.7. The molecule has 0 radical (unpaired) electrons. The molecule has 134 valence electrons. The van der Waals surface area contributed by atoms with Gasteiger partial charge < -0.3 is 28.8 Å². The highest BCUT2D eigenvalue weighted by Gasteiger charge is 2.26. The fraction of sp³-hybridized carbons (Fsp3) is 0.368. The lowest BCUT2D eigenvalue weighted by Crippen LogP contribution is -2.40. The molecule has 0 saturated carbocycles. The summed E-state index contributed by atoms with van der Waals surface area (Å²) in [5.41, 5.74) is -0.579. The zero-order chi connectivity index (χ0) is 18.2. The van der Waals surface area contributed by atoms with Gasteiger partial charge in [-0.15, -0.1) is 0 Å². The van der Waals surface area contributed by atoms with Crippen molar-refractivity contribution in [3.05, 3.63) is 30.5 Å². The summed E-state index contributed by atoms with van der Waals surface area (Å²) in [6.45, 7) is 2.99. The van der Waals surface area contributed by atoms with Crippen molar-refractivity contribution in [1.29, 1.82) is 0 Å². The molecule has 0 fully saturated rings. The Morgan fingerprint density at radius 3 is 2.40 bits per heavy atom. The van der Waals surface area contributed by atoms with Gasteiger partial charge in [0.2, 0.25) is 0 Å². The maximum atomic E-state index is 9.97. The molecule has 1 aromatic heterocycles. The summed E-state index contributed by atoms with van der Waals surface area (Å²) >= 11 is 0. The van der Waals surface area contributed by atoms with Crippen molar-refractivity contribution in [2.24, 2.45) is 0 Å². The number of hydrogen-bond acceptors (Lipinski definition) is 6. The topological polar surface area (TPSA) is 81.3 Å². The number of ether oxygens (including phenoxy) is 3. The highest BCUT2D eigenvalue weighted by molar-refractivity contribution is 6.06. The van der Waals surface area contributed by atoms with Crippen molar-refractivity contribution in [3.63, 3.8) is 0 Å². The van der Waals surface area contributed by atoms with Crippen LogP contribution in [0.3, 0.4) is 0 Å². The average molecular weight is 346 g/mol. The van der Waals surface area contributed by atoms with Crippen LogP contribution in [0.4, 0.5) is 0 Å². The van der Waals surface area contributed by atoms with Gasteiger partial charge in [-0.1, -0.05) is 0 Å². The van der Waals surface area contributed by atoms with E-state index in [0.717, 1.165) is 16.2 Å². The number of benzene rings is 2. The molecule has 3 aromatic rings. The first kappa shape index (κ1) is 17.4. The Labute approximate surface area is 145 Å². The molecule has 0 bridgehead atoms. The van der Waals surface area contributed by atoms with Crippen LogP contribution in [0.1, 0.15) is 13.8 Å². The molecule has 1 unspecified atom stereocenters. The fourth-order valence-corrected chi connectivity index (χ4v) is 2.73. The van der Waals surface area contributed by atoms with Crippen molar-refractivity contribution in [2.75, 3.05) is 20.8 Å². The molecule has 1 atom stereocenters. The quantitative estimate of drug-likeness (QED) is 0.714. The second-order valence-corrected chi connectivity index (χ2v) is 6.41. The maximum absolute atomic E-state index is 9.97. The fourth-order valence-electron chi connectivity index (χ4n) is 2.73.